The predicted molar refractivity (Wildman–Crippen MR) is 62.5 cm³/mol. The van der Waals surface area contributed by atoms with Crippen molar-refractivity contribution in [2.75, 3.05) is 13.6 Å². The third-order valence-electron chi connectivity index (χ3n) is 3.71. The molecular formula is C12H22N2O2. The molecule has 2 aliphatic rings. The highest BCUT2D eigenvalue weighted by atomic mass is 16.4. The lowest BCUT2D eigenvalue weighted by atomic mass is 9.97. The van der Waals surface area contributed by atoms with Gasteiger partial charge in [0.1, 0.15) is 5.54 Å². The third kappa shape index (κ3) is 2.95. The zero-order valence-electron chi connectivity index (χ0n) is 10.2. The summed E-state index contributed by atoms with van der Waals surface area (Å²) in [5.41, 5.74) is -0.746. The van der Waals surface area contributed by atoms with Crippen molar-refractivity contribution in [3.63, 3.8) is 0 Å². The summed E-state index contributed by atoms with van der Waals surface area (Å²) in [5, 5.41) is 12.6. The Morgan fingerprint density at radius 3 is 2.50 bits per heavy atom. The van der Waals surface area contributed by atoms with Crippen LogP contribution in [-0.4, -0.2) is 47.2 Å². The normalized spacial score (nSPS) is 24.4. The molecule has 0 spiro atoms. The summed E-state index contributed by atoms with van der Waals surface area (Å²) in [5.74, 6) is -0.719. The van der Waals surface area contributed by atoms with E-state index >= 15 is 0 Å². The molecule has 0 heterocycles. The van der Waals surface area contributed by atoms with E-state index in [9.17, 15) is 9.90 Å². The van der Waals surface area contributed by atoms with E-state index in [0.717, 1.165) is 19.4 Å². The quantitative estimate of drug-likeness (QED) is 0.681. The zero-order valence-corrected chi connectivity index (χ0v) is 10.2. The summed E-state index contributed by atoms with van der Waals surface area (Å²) in [7, 11) is 2.09. The molecule has 0 aliphatic heterocycles. The van der Waals surface area contributed by atoms with Gasteiger partial charge in [0.05, 0.1) is 0 Å². The summed E-state index contributed by atoms with van der Waals surface area (Å²) in [6, 6.07) is 1.14. The van der Waals surface area contributed by atoms with Crippen LogP contribution in [-0.2, 0) is 4.79 Å². The van der Waals surface area contributed by atoms with Gasteiger partial charge in [0.2, 0.25) is 0 Å². The van der Waals surface area contributed by atoms with Crippen molar-refractivity contribution in [2.45, 2.75) is 56.7 Å². The van der Waals surface area contributed by atoms with E-state index in [2.05, 4.69) is 17.3 Å². The zero-order chi connectivity index (χ0) is 11.8. The number of carboxylic acid groups (broad SMARTS) is 1. The monoisotopic (exact) mass is 226 g/mol. The second kappa shape index (κ2) is 4.34. The second-order valence-electron chi connectivity index (χ2n) is 5.52. The highest BCUT2D eigenvalue weighted by molar-refractivity contribution is 5.78. The van der Waals surface area contributed by atoms with Gasteiger partial charge in [0.25, 0.3) is 0 Å². The number of hydrogen-bond acceptors (Lipinski definition) is 3. The lowest BCUT2D eigenvalue weighted by molar-refractivity contribution is -0.144. The molecular weight excluding hydrogens is 204 g/mol. The van der Waals surface area contributed by atoms with Gasteiger partial charge in [-0.05, 0) is 46.1 Å². The Balaban J connectivity index is 1.82. The molecule has 2 saturated carbocycles. The Labute approximate surface area is 97.0 Å². The molecule has 2 fully saturated rings. The molecule has 0 aromatic heterocycles. The van der Waals surface area contributed by atoms with Crippen molar-refractivity contribution in [3.05, 3.63) is 0 Å². The summed E-state index contributed by atoms with van der Waals surface area (Å²) >= 11 is 0. The van der Waals surface area contributed by atoms with Crippen molar-refractivity contribution >= 4 is 5.97 Å². The van der Waals surface area contributed by atoms with Gasteiger partial charge in [0, 0.05) is 18.6 Å². The first-order chi connectivity index (χ1) is 7.51. The molecule has 0 amide bonds. The van der Waals surface area contributed by atoms with E-state index in [0.29, 0.717) is 18.5 Å². The van der Waals surface area contributed by atoms with Crippen LogP contribution in [0.25, 0.3) is 0 Å². The molecule has 0 radical (unpaired) electrons. The van der Waals surface area contributed by atoms with Crippen LogP contribution in [0.15, 0.2) is 0 Å². The van der Waals surface area contributed by atoms with Crippen LogP contribution in [0.3, 0.4) is 0 Å². The second-order valence-corrected chi connectivity index (χ2v) is 5.52. The Morgan fingerprint density at radius 2 is 2.06 bits per heavy atom. The van der Waals surface area contributed by atoms with Crippen LogP contribution in [0.2, 0.25) is 0 Å². The van der Waals surface area contributed by atoms with Crippen LogP contribution in [0, 0.1) is 0 Å². The summed E-state index contributed by atoms with van der Waals surface area (Å²) < 4.78 is 0. The van der Waals surface area contributed by atoms with Crippen molar-refractivity contribution in [3.8, 4) is 0 Å². The maximum Gasteiger partial charge on any atom is 0.323 e. The molecule has 2 rings (SSSR count). The topological polar surface area (TPSA) is 52.6 Å². The molecule has 2 N–H and O–H groups in total. The van der Waals surface area contributed by atoms with Crippen LogP contribution in [0.4, 0.5) is 0 Å². The molecule has 1 unspecified atom stereocenters. The number of carbonyl (C=O) groups is 1. The number of nitrogens with one attached hydrogen (secondary N) is 1. The minimum atomic E-state index is -0.746. The van der Waals surface area contributed by atoms with Gasteiger partial charge in [0.15, 0.2) is 0 Å². The smallest absolute Gasteiger partial charge is 0.323 e. The predicted octanol–water partition coefficient (Wildman–Crippen LogP) is 1.07. The van der Waals surface area contributed by atoms with Gasteiger partial charge in [-0.2, -0.15) is 0 Å². The van der Waals surface area contributed by atoms with Crippen LogP contribution >= 0.6 is 0 Å². The first-order valence-electron chi connectivity index (χ1n) is 6.22. The first kappa shape index (κ1) is 11.9. The fourth-order valence-corrected chi connectivity index (χ4v) is 2.02. The standard InChI is InChI=1S/C12H22N2O2/c1-12(11(15)16,13-9-3-4-9)7-8-14(2)10-5-6-10/h9-10,13H,3-8H2,1-2H3,(H,15,16). The highest BCUT2D eigenvalue weighted by Gasteiger charge is 2.39. The van der Waals surface area contributed by atoms with Crippen LogP contribution in [0.1, 0.15) is 39.0 Å². The van der Waals surface area contributed by atoms with Crippen molar-refractivity contribution < 1.29 is 9.90 Å². The van der Waals surface area contributed by atoms with Crippen LogP contribution in [0.5, 0.6) is 0 Å². The average molecular weight is 226 g/mol. The molecule has 2 aliphatic carbocycles. The summed E-state index contributed by atoms with van der Waals surface area (Å²) in [4.78, 5) is 13.6. The lowest BCUT2D eigenvalue weighted by Gasteiger charge is -2.28. The van der Waals surface area contributed by atoms with E-state index in [1.165, 1.54) is 12.8 Å². The molecule has 16 heavy (non-hydrogen) atoms. The largest absolute Gasteiger partial charge is 0.480 e. The fraction of sp³-hybridized carbons (Fsp3) is 0.917. The highest BCUT2D eigenvalue weighted by Crippen LogP contribution is 2.28. The van der Waals surface area contributed by atoms with E-state index in [1.807, 2.05) is 6.92 Å². The minimum Gasteiger partial charge on any atom is -0.480 e. The van der Waals surface area contributed by atoms with E-state index < -0.39 is 11.5 Å². The van der Waals surface area contributed by atoms with E-state index in [4.69, 9.17) is 0 Å². The molecule has 0 saturated heterocycles. The van der Waals surface area contributed by atoms with Crippen molar-refractivity contribution in [1.29, 1.82) is 0 Å². The molecule has 4 heteroatoms. The van der Waals surface area contributed by atoms with Gasteiger partial charge in [-0.15, -0.1) is 0 Å². The molecule has 0 aromatic carbocycles. The average Bonchev–Trinajstić information content (AvgIpc) is 3.05. The molecule has 0 bridgehead atoms. The molecule has 0 aromatic rings. The number of nitrogens with zero attached hydrogens (tertiary/aromatic N) is 1. The third-order valence-corrected chi connectivity index (χ3v) is 3.71. The van der Waals surface area contributed by atoms with Gasteiger partial charge in [-0.25, -0.2) is 0 Å². The molecule has 92 valence electrons. The maximum atomic E-state index is 11.3. The number of aliphatic carboxylic acids is 1. The Kier molecular flexibility index (Phi) is 3.22. The lowest BCUT2D eigenvalue weighted by Crippen LogP contribution is -2.52. The van der Waals surface area contributed by atoms with Gasteiger partial charge in [-0.3, -0.25) is 10.1 Å². The van der Waals surface area contributed by atoms with E-state index in [1.54, 1.807) is 0 Å². The number of carboxylic acids is 1. The minimum absolute atomic E-state index is 0.437. The molecule has 1 atom stereocenters. The van der Waals surface area contributed by atoms with Gasteiger partial charge < -0.3 is 10.0 Å². The summed E-state index contributed by atoms with van der Waals surface area (Å²) in [6.45, 7) is 2.68. The first-order valence-corrected chi connectivity index (χ1v) is 6.22. The Bertz CT molecular complexity index is 274. The SMILES string of the molecule is CN(CCC(C)(NC1CC1)C(=O)O)C1CC1. The fourth-order valence-electron chi connectivity index (χ4n) is 2.02. The van der Waals surface area contributed by atoms with Crippen molar-refractivity contribution in [1.82, 2.24) is 10.2 Å². The maximum absolute atomic E-state index is 11.3. The van der Waals surface area contributed by atoms with Gasteiger partial charge >= 0.3 is 5.97 Å². The Hall–Kier alpha value is -0.610. The van der Waals surface area contributed by atoms with E-state index in [-0.39, 0.29) is 0 Å². The summed E-state index contributed by atoms with van der Waals surface area (Å²) in [6.07, 6.45) is 5.49. The number of hydrogen-bond donors (Lipinski definition) is 2. The van der Waals surface area contributed by atoms with Gasteiger partial charge in [-0.1, -0.05) is 0 Å². The van der Waals surface area contributed by atoms with Crippen LogP contribution < -0.4 is 5.32 Å². The molecule has 4 nitrogen and oxygen atoms in total. The number of rotatable bonds is 7. The van der Waals surface area contributed by atoms with Crippen molar-refractivity contribution in [2.24, 2.45) is 0 Å². The Morgan fingerprint density at radius 1 is 1.44 bits per heavy atom.